The van der Waals surface area contributed by atoms with Crippen LogP contribution in [0.4, 0.5) is 5.69 Å². The van der Waals surface area contributed by atoms with Crippen LogP contribution in [-0.2, 0) is 14.8 Å². The zero-order valence-corrected chi connectivity index (χ0v) is 15.1. The Labute approximate surface area is 149 Å². The average Bonchev–Trinajstić information content (AvgIpc) is 3.15. The molecule has 0 bridgehead atoms. The Kier molecular flexibility index (Phi) is 6.25. The van der Waals surface area contributed by atoms with Crippen LogP contribution in [0.2, 0.25) is 0 Å². The number of halogens is 1. The highest BCUT2D eigenvalue weighted by atomic mass is 35.5. The SMILES string of the molecule is Cl.NCC1CCCC1NS(=O)(=O)c1ccc(N2CCCC2=O)cc1. The normalized spacial score (nSPS) is 24.2. The van der Waals surface area contributed by atoms with Gasteiger partial charge in [0.2, 0.25) is 15.9 Å². The van der Waals surface area contributed by atoms with Crippen molar-refractivity contribution < 1.29 is 13.2 Å². The van der Waals surface area contributed by atoms with Gasteiger partial charge in [-0.1, -0.05) is 6.42 Å². The van der Waals surface area contributed by atoms with Crippen LogP contribution in [0.1, 0.15) is 32.1 Å². The molecule has 6 nitrogen and oxygen atoms in total. The van der Waals surface area contributed by atoms with Gasteiger partial charge in [0, 0.05) is 24.7 Å². The summed E-state index contributed by atoms with van der Waals surface area (Å²) in [5, 5.41) is 0. The summed E-state index contributed by atoms with van der Waals surface area (Å²) in [6.07, 6.45) is 4.22. The number of anilines is 1. The Balaban J connectivity index is 0.00000208. The van der Waals surface area contributed by atoms with Crippen molar-refractivity contribution in [2.45, 2.75) is 43.0 Å². The Morgan fingerprint density at radius 1 is 1.17 bits per heavy atom. The lowest BCUT2D eigenvalue weighted by atomic mass is 10.1. The van der Waals surface area contributed by atoms with Crippen molar-refractivity contribution in [2.75, 3.05) is 18.0 Å². The number of nitrogens with zero attached hydrogens (tertiary/aromatic N) is 1. The molecule has 24 heavy (non-hydrogen) atoms. The quantitative estimate of drug-likeness (QED) is 0.820. The minimum Gasteiger partial charge on any atom is -0.330 e. The summed E-state index contributed by atoms with van der Waals surface area (Å²) < 4.78 is 27.8. The first kappa shape index (κ1) is 19.2. The third kappa shape index (κ3) is 3.91. The molecule has 1 aromatic carbocycles. The number of nitrogens with one attached hydrogen (secondary N) is 1. The molecule has 1 amide bonds. The third-order valence-electron chi connectivity index (χ3n) is 4.80. The van der Waals surface area contributed by atoms with Crippen LogP contribution in [0.3, 0.4) is 0 Å². The van der Waals surface area contributed by atoms with E-state index in [1.54, 1.807) is 29.2 Å². The summed E-state index contributed by atoms with van der Waals surface area (Å²) in [7, 11) is -3.55. The van der Waals surface area contributed by atoms with E-state index in [-0.39, 0.29) is 35.2 Å². The molecule has 2 aliphatic rings. The van der Waals surface area contributed by atoms with Gasteiger partial charge in [-0.2, -0.15) is 0 Å². The van der Waals surface area contributed by atoms with Gasteiger partial charge in [0.25, 0.3) is 0 Å². The molecule has 0 spiro atoms. The van der Waals surface area contributed by atoms with E-state index in [1.807, 2.05) is 0 Å². The second-order valence-electron chi connectivity index (χ2n) is 6.30. The van der Waals surface area contributed by atoms with E-state index in [4.69, 9.17) is 5.73 Å². The number of carbonyl (C=O) groups is 1. The van der Waals surface area contributed by atoms with E-state index in [9.17, 15) is 13.2 Å². The fourth-order valence-electron chi connectivity index (χ4n) is 3.47. The van der Waals surface area contributed by atoms with E-state index in [0.29, 0.717) is 19.5 Å². The molecular formula is C16H24ClN3O3S. The highest BCUT2D eigenvalue weighted by molar-refractivity contribution is 7.89. The van der Waals surface area contributed by atoms with Gasteiger partial charge in [0.05, 0.1) is 4.90 Å². The molecule has 2 unspecified atom stereocenters. The lowest BCUT2D eigenvalue weighted by Crippen LogP contribution is -2.39. The molecule has 3 rings (SSSR count). The molecule has 0 radical (unpaired) electrons. The number of benzene rings is 1. The zero-order valence-electron chi connectivity index (χ0n) is 13.5. The van der Waals surface area contributed by atoms with Crippen LogP contribution < -0.4 is 15.4 Å². The van der Waals surface area contributed by atoms with Crippen LogP contribution in [0.25, 0.3) is 0 Å². The molecule has 1 saturated carbocycles. The molecule has 134 valence electrons. The summed E-state index contributed by atoms with van der Waals surface area (Å²) in [5.74, 6) is 0.307. The predicted molar refractivity (Wildman–Crippen MR) is 95.8 cm³/mol. The van der Waals surface area contributed by atoms with E-state index < -0.39 is 10.0 Å². The molecule has 0 aromatic heterocycles. The van der Waals surface area contributed by atoms with Gasteiger partial charge < -0.3 is 10.6 Å². The summed E-state index contributed by atoms with van der Waals surface area (Å²) in [4.78, 5) is 13.7. The van der Waals surface area contributed by atoms with Gasteiger partial charge in [-0.05, 0) is 56.0 Å². The van der Waals surface area contributed by atoms with Gasteiger partial charge >= 0.3 is 0 Å². The van der Waals surface area contributed by atoms with Crippen LogP contribution >= 0.6 is 12.4 Å². The monoisotopic (exact) mass is 373 g/mol. The van der Waals surface area contributed by atoms with E-state index >= 15 is 0 Å². The number of amides is 1. The molecule has 1 aromatic rings. The van der Waals surface area contributed by atoms with Crippen molar-refractivity contribution >= 4 is 34.0 Å². The zero-order chi connectivity index (χ0) is 16.4. The topological polar surface area (TPSA) is 92.5 Å². The maximum absolute atomic E-state index is 12.5. The van der Waals surface area contributed by atoms with Gasteiger partial charge in [0.1, 0.15) is 0 Å². The predicted octanol–water partition coefficient (Wildman–Crippen LogP) is 1.64. The highest BCUT2D eigenvalue weighted by Crippen LogP contribution is 2.27. The van der Waals surface area contributed by atoms with Gasteiger partial charge in [-0.15, -0.1) is 12.4 Å². The first-order valence-corrected chi connectivity index (χ1v) is 9.62. The van der Waals surface area contributed by atoms with Gasteiger partial charge in [-0.3, -0.25) is 4.79 Å². The van der Waals surface area contributed by atoms with Crippen LogP contribution in [-0.4, -0.2) is 33.5 Å². The fourth-order valence-corrected chi connectivity index (χ4v) is 4.81. The van der Waals surface area contributed by atoms with E-state index in [0.717, 1.165) is 31.4 Å². The number of sulfonamides is 1. The smallest absolute Gasteiger partial charge is 0.240 e. The van der Waals surface area contributed by atoms with Crippen molar-refractivity contribution in [3.8, 4) is 0 Å². The third-order valence-corrected chi connectivity index (χ3v) is 6.31. The van der Waals surface area contributed by atoms with Crippen molar-refractivity contribution in [1.29, 1.82) is 0 Å². The second kappa shape index (κ2) is 7.82. The van der Waals surface area contributed by atoms with Crippen LogP contribution in [0, 0.1) is 5.92 Å². The first-order valence-electron chi connectivity index (χ1n) is 8.14. The van der Waals surface area contributed by atoms with Gasteiger partial charge in [-0.25, -0.2) is 13.1 Å². The second-order valence-corrected chi connectivity index (χ2v) is 8.01. The van der Waals surface area contributed by atoms with E-state index in [2.05, 4.69) is 4.72 Å². The summed E-state index contributed by atoms with van der Waals surface area (Å²) in [5.41, 5.74) is 6.47. The molecule has 1 aliphatic carbocycles. The maximum Gasteiger partial charge on any atom is 0.240 e. The first-order chi connectivity index (χ1) is 11.0. The molecular weight excluding hydrogens is 350 g/mol. The van der Waals surface area contributed by atoms with Crippen LogP contribution in [0.5, 0.6) is 0 Å². The minimum absolute atomic E-state index is 0. The van der Waals surface area contributed by atoms with Gasteiger partial charge in [0.15, 0.2) is 0 Å². The minimum atomic E-state index is -3.55. The number of rotatable bonds is 5. The molecule has 8 heteroatoms. The Bertz CT molecular complexity index is 678. The lowest BCUT2D eigenvalue weighted by molar-refractivity contribution is -0.117. The summed E-state index contributed by atoms with van der Waals surface area (Å²) in [6.45, 7) is 1.20. The molecule has 3 N–H and O–H groups in total. The molecule has 1 heterocycles. The van der Waals surface area contributed by atoms with Crippen molar-refractivity contribution in [1.82, 2.24) is 4.72 Å². The van der Waals surface area contributed by atoms with Crippen molar-refractivity contribution in [3.63, 3.8) is 0 Å². The molecule has 1 aliphatic heterocycles. The summed E-state index contributed by atoms with van der Waals surface area (Å²) >= 11 is 0. The molecule has 2 fully saturated rings. The lowest BCUT2D eigenvalue weighted by Gasteiger charge is -2.20. The standard InChI is InChI=1S/C16H23N3O3S.ClH/c17-11-12-3-1-4-15(12)18-23(21,22)14-8-6-13(7-9-14)19-10-2-5-16(19)20;/h6-9,12,15,18H,1-5,10-11,17H2;1H. The number of nitrogens with two attached hydrogens (primary N) is 1. The number of hydrogen-bond donors (Lipinski definition) is 2. The van der Waals surface area contributed by atoms with Crippen LogP contribution in [0.15, 0.2) is 29.2 Å². The Morgan fingerprint density at radius 3 is 2.46 bits per heavy atom. The van der Waals surface area contributed by atoms with E-state index in [1.165, 1.54) is 0 Å². The molecule has 2 atom stereocenters. The Morgan fingerprint density at radius 2 is 1.88 bits per heavy atom. The van der Waals surface area contributed by atoms with Crippen molar-refractivity contribution in [2.24, 2.45) is 11.7 Å². The maximum atomic E-state index is 12.5. The largest absolute Gasteiger partial charge is 0.330 e. The Hall–Kier alpha value is -1.15. The number of carbonyl (C=O) groups excluding carboxylic acids is 1. The average molecular weight is 374 g/mol. The van der Waals surface area contributed by atoms with Crippen molar-refractivity contribution in [3.05, 3.63) is 24.3 Å². The number of hydrogen-bond acceptors (Lipinski definition) is 4. The highest BCUT2D eigenvalue weighted by Gasteiger charge is 2.30. The summed E-state index contributed by atoms with van der Waals surface area (Å²) in [6, 6.07) is 6.45. The fraction of sp³-hybridized carbons (Fsp3) is 0.562. The molecule has 1 saturated heterocycles.